The molecule has 35 heavy (non-hydrogen) atoms. The molecule has 1 aliphatic heterocycles. The molecule has 178 valence electrons. The zero-order chi connectivity index (χ0) is 25.3. The Morgan fingerprint density at radius 2 is 1.69 bits per heavy atom. The Kier molecular flexibility index (Phi) is 6.24. The molecule has 0 saturated carbocycles. The standard InChI is InChI=1S/C26H20FNO7/c1-34-16-10-11-20(35-2)18(13-16)23(29)21-22(17-8-3-4-9-19(17)27)28(25(31)24(21)30)15-7-5-6-14(12-15)26(32)33/h3-13,22,29H,1-2H3,(H,32,33)/b23-21+. The summed E-state index contributed by atoms with van der Waals surface area (Å²) in [5, 5.41) is 20.7. The van der Waals surface area contributed by atoms with Crippen LogP contribution in [-0.2, 0) is 9.59 Å². The zero-order valence-electron chi connectivity index (χ0n) is 18.7. The molecule has 1 unspecified atom stereocenters. The van der Waals surface area contributed by atoms with Crippen LogP contribution in [0, 0.1) is 5.82 Å². The van der Waals surface area contributed by atoms with Crippen molar-refractivity contribution in [2.24, 2.45) is 0 Å². The molecular weight excluding hydrogens is 457 g/mol. The zero-order valence-corrected chi connectivity index (χ0v) is 18.7. The van der Waals surface area contributed by atoms with Crippen molar-refractivity contribution in [3.63, 3.8) is 0 Å². The molecule has 0 aromatic heterocycles. The van der Waals surface area contributed by atoms with Gasteiger partial charge in [0.1, 0.15) is 23.1 Å². The lowest BCUT2D eigenvalue weighted by Gasteiger charge is -2.26. The van der Waals surface area contributed by atoms with E-state index < -0.39 is 35.3 Å². The van der Waals surface area contributed by atoms with Gasteiger partial charge in [-0.05, 0) is 42.5 Å². The fraction of sp³-hybridized carbons (Fsp3) is 0.115. The SMILES string of the molecule is COc1ccc(OC)c(/C(O)=C2\C(=O)C(=O)N(c3cccc(C(=O)O)c3)C2c2ccccc2F)c1. The summed E-state index contributed by atoms with van der Waals surface area (Å²) in [6.45, 7) is 0. The summed E-state index contributed by atoms with van der Waals surface area (Å²) < 4.78 is 25.5. The summed E-state index contributed by atoms with van der Waals surface area (Å²) in [4.78, 5) is 38.9. The largest absolute Gasteiger partial charge is 0.507 e. The summed E-state index contributed by atoms with van der Waals surface area (Å²) in [7, 11) is 2.78. The van der Waals surface area contributed by atoms with Gasteiger partial charge in [-0.2, -0.15) is 0 Å². The number of Topliss-reactive ketones (excluding diaryl/α,β-unsaturated/α-hetero) is 1. The number of anilines is 1. The number of aliphatic hydroxyl groups excluding tert-OH is 1. The maximum absolute atomic E-state index is 15.0. The molecule has 0 spiro atoms. The van der Waals surface area contributed by atoms with Gasteiger partial charge in [0.25, 0.3) is 11.7 Å². The number of carbonyl (C=O) groups excluding carboxylic acids is 2. The van der Waals surface area contributed by atoms with E-state index >= 15 is 4.39 Å². The number of carbonyl (C=O) groups is 3. The molecule has 1 fully saturated rings. The second-order valence-corrected chi connectivity index (χ2v) is 7.61. The quantitative estimate of drug-likeness (QED) is 0.311. The molecule has 0 radical (unpaired) electrons. The maximum Gasteiger partial charge on any atom is 0.335 e. The second kappa shape index (κ2) is 9.30. The first-order chi connectivity index (χ1) is 16.8. The lowest BCUT2D eigenvalue weighted by atomic mass is 9.94. The van der Waals surface area contributed by atoms with Crippen LogP contribution in [0.3, 0.4) is 0 Å². The van der Waals surface area contributed by atoms with Crippen molar-refractivity contribution in [2.45, 2.75) is 6.04 Å². The van der Waals surface area contributed by atoms with Gasteiger partial charge in [0, 0.05) is 11.3 Å². The first kappa shape index (κ1) is 23.5. The predicted octanol–water partition coefficient (Wildman–Crippen LogP) is 4.17. The van der Waals surface area contributed by atoms with E-state index in [1.807, 2.05) is 0 Å². The van der Waals surface area contributed by atoms with Crippen molar-refractivity contribution in [1.29, 1.82) is 0 Å². The summed E-state index contributed by atoms with van der Waals surface area (Å²) in [5.74, 6) is -4.14. The van der Waals surface area contributed by atoms with Crippen molar-refractivity contribution in [3.05, 3.63) is 94.8 Å². The Morgan fingerprint density at radius 1 is 0.943 bits per heavy atom. The smallest absolute Gasteiger partial charge is 0.335 e. The van der Waals surface area contributed by atoms with E-state index in [9.17, 15) is 24.6 Å². The van der Waals surface area contributed by atoms with E-state index in [1.165, 1.54) is 68.8 Å². The third-order valence-electron chi connectivity index (χ3n) is 5.68. The predicted molar refractivity (Wildman–Crippen MR) is 124 cm³/mol. The van der Waals surface area contributed by atoms with E-state index in [0.717, 1.165) is 11.0 Å². The van der Waals surface area contributed by atoms with Crippen LogP contribution in [0.15, 0.2) is 72.3 Å². The van der Waals surface area contributed by atoms with E-state index in [-0.39, 0.29) is 33.7 Å². The highest BCUT2D eigenvalue weighted by molar-refractivity contribution is 6.51. The third kappa shape index (κ3) is 4.08. The summed E-state index contributed by atoms with van der Waals surface area (Å²) >= 11 is 0. The number of rotatable bonds is 6. The van der Waals surface area contributed by atoms with E-state index in [4.69, 9.17) is 9.47 Å². The summed E-state index contributed by atoms with van der Waals surface area (Å²) in [6, 6.07) is 14.0. The Bertz CT molecular complexity index is 1380. The number of amides is 1. The van der Waals surface area contributed by atoms with Gasteiger partial charge in [-0.15, -0.1) is 0 Å². The minimum atomic E-state index is -1.38. The maximum atomic E-state index is 15.0. The number of hydrogen-bond donors (Lipinski definition) is 2. The lowest BCUT2D eigenvalue weighted by molar-refractivity contribution is -0.132. The average Bonchev–Trinajstić information content (AvgIpc) is 3.13. The minimum absolute atomic E-state index is 0.0527. The van der Waals surface area contributed by atoms with Gasteiger partial charge in [-0.25, -0.2) is 9.18 Å². The first-order valence-electron chi connectivity index (χ1n) is 10.4. The Balaban J connectivity index is 2.01. The van der Waals surface area contributed by atoms with Crippen molar-refractivity contribution < 1.29 is 38.5 Å². The molecule has 8 nitrogen and oxygen atoms in total. The van der Waals surface area contributed by atoms with Gasteiger partial charge in [0.15, 0.2) is 0 Å². The highest BCUT2D eigenvalue weighted by Gasteiger charge is 2.48. The van der Waals surface area contributed by atoms with Crippen LogP contribution in [0.25, 0.3) is 5.76 Å². The van der Waals surface area contributed by atoms with E-state index in [2.05, 4.69) is 0 Å². The van der Waals surface area contributed by atoms with E-state index in [0.29, 0.717) is 5.75 Å². The van der Waals surface area contributed by atoms with Crippen molar-refractivity contribution in [3.8, 4) is 11.5 Å². The van der Waals surface area contributed by atoms with Crippen molar-refractivity contribution in [2.75, 3.05) is 19.1 Å². The molecule has 9 heteroatoms. The number of hydrogen-bond acceptors (Lipinski definition) is 6. The fourth-order valence-electron chi connectivity index (χ4n) is 4.02. The number of ether oxygens (including phenoxy) is 2. The van der Waals surface area contributed by atoms with Gasteiger partial charge in [-0.3, -0.25) is 14.5 Å². The third-order valence-corrected chi connectivity index (χ3v) is 5.68. The number of ketones is 1. The number of carboxylic acid groups (broad SMARTS) is 1. The molecule has 1 aliphatic rings. The molecule has 1 atom stereocenters. The molecule has 4 rings (SSSR count). The van der Waals surface area contributed by atoms with Crippen LogP contribution in [0.1, 0.15) is 27.5 Å². The molecule has 2 N–H and O–H groups in total. The van der Waals surface area contributed by atoms with Gasteiger partial charge in [-0.1, -0.05) is 24.3 Å². The Labute approximate surface area is 199 Å². The molecule has 3 aromatic carbocycles. The van der Waals surface area contributed by atoms with Crippen LogP contribution in [0.4, 0.5) is 10.1 Å². The van der Waals surface area contributed by atoms with Gasteiger partial charge in [0.05, 0.1) is 37.0 Å². The van der Waals surface area contributed by atoms with Crippen molar-refractivity contribution in [1.82, 2.24) is 0 Å². The van der Waals surface area contributed by atoms with E-state index in [1.54, 1.807) is 6.07 Å². The molecule has 0 aliphatic carbocycles. The number of methoxy groups -OCH3 is 2. The first-order valence-corrected chi connectivity index (χ1v) is 10.4. The van der Waals surface area contributed by atoms with Crippen molar-refractivity contribution >= 4 is 29.1 Å². The highest BCUT2D eigenvalue weighted by Crippen LogP contribution is 2.44. The molecule has 1 amide bonds. The van der Waals surface area contributed by atoms with Crippen LogP contribution < -0.4 is 14.4 Å². The molecule has 0 bridgehead atoms. The number of halogens is 1. The molecular formula is C26H20FNO7. The second-order valence-electron chi connectivity index (χ2n) is 7.61. The number of nitrogens with zero attached hydrogens (tertiary/aromatic N) is 1. The topological polar surface area (TPSA) is 113 Å². The number of aliphatic hydroxyl groups is 1. The highest BCUT2D eigenvalue weighted by atomic mass is 19.1. The monoisotopic (exact) mass is 477 g/mol. The minimum Gasteiger partial charge on any atom is -0.507 e. The molecule has 3 aromatic rings. The number of carboxylic acids is 1. The Hall–Kier alpha value is -4.66. The van der Waals surface area contributed by atoms with Gasteiger partial charge >= 0.3 is 5.97 Å². The normalized spacial score (nSPS) is 16.9. The fourth-order valence-corrected chi connectivity index (χ4v) is 4.02. The van der Waals surface area contributed by atoms with Crippen LogP contribution in [0.2, 0.25) is 0 Å². The lowest BCUT2D eigenvalue weighted by Crippen LogP contribution is -2.30. The van der Waals surface area contributed by atoms with Crippen LogP contribution in [0.5, 0.6) is 11.5 Å². The molecule has 1 saturated heterocycles. The van der Waals surface area contributed by atoms with Gasteiger partial charge < -0.3 is 19.7 Å². The number of aromatic carboxylic acids is 1. The summed E-state index contributed by atoms with van der Waals surface area (Å²) in [5.41, 5.74) is -0.461. The molecule has 1 heterocycles. The van der Waals surface area contributed by atoms with Crippen LogP contribution in [-0.4, -0.2) is 42.1 Å². The average molecular weight is 477 g/mol. The summed E-state index contributed by atoms with van der Waals surface area (Å²) in [6.07, 6.45) is 0. The Morgan fingerprint density at radius 3 is 2.34 bits per heavy atom. The van der Waals surface area contributed by atoms with Gasteiger partial charge in [0.2, 0.25) is 0 Å². The number of benzene rings is 3. The van der Waals surface area contributed by atoms with Crippen LogP contribution >= 0.6 is 0 Å².